The molecule has 0 atom stereocenters. The molecular formula is C13H12N4O3. The number of carbonyl (C=O) groups is 2. The average molecular weight is 272 g/mol. The third-order valence-corrected chi connectivity index (χ3v) is 3.06. The summed E-state index contributed by atoms with van der Waals surface area (Å²) in [5.41, 5.74) is 6.29. The summed E-state index contributed by atoms with van der Waals surface area (Å²) in [6.07, 6.45) is 4.84. The fourth-order valence-electron chi connectivity index (χ4n) is 1.86. The van der Waals surface area contributed by atoms with Crippen LogP contribution in [0.4, 0.5) is 5.88 Å². The van der Waals surface area contributed by atoms with E-state index in [4.69, 9.17) is 10.3 Å². The van der Waals surface area contributed by atoms with Gasteiger partial charge in [-0.1, -0.05) is 5.16 Å². The molecule has 102 valence electrons. The Balaban J connectivity index is 1.97. The Morgan fingerprint density at radius 2 is 2.20 bits per heavy atom. The highest BCUT2D eigenvalue weighted by molar-refractivity contribution is 6.06. The van der Waals surface area contributed by atoms with Crippen molar-refractivity contribution in [2.24, 2.45) is 11.7 Å². The van der Waals surface area contributed by atoms with Gasteiger partial charge in [-0.3, -0.25) is 19.9 Å². The van der Waals surface area contributed by atoms with Crippen LogP contribution in [0.1, 0.15) is 23.2 Å². The molecule has 0 radical (unpaired) electrons. The zero-order chi connectivity index (χ0) is 14.1. The number of rotatable bonds is 4. The second-order valence-electron chi connectivity index (χ2n) is 4.60. The number of hydrogen-bond acceptors (Lipinski definition) is 5. The van der Waals surface area contributed by atoms with Gasteiger partial charge in [0.15, 0.2) is 0 Å². The number of primary amides is 1. The molecule has 0 aliphatic heterocycles. The zero-order valence-electron chi connectivity index (χ0n) is 10.5. The van der Waals surface area contributed by atoms with E-state index in [1.165, 1.54) is 6.20 Å². The fourth-order valence-corrected chi connectivity index (χ4v) is 1.86. The Bertz CT molecular complexity index is 662. The first-order valence-electron chi connectivity index (χ1n) is 6.17. The molecule has 0 aromatic carbocycles. The summed E-state index contributed by atoms with van der Waals surface area (Å²) in [5.74, 6) is -0.909. The van der Waals surface area contributed by atoms with Crippen LogP contribution >= 0.6 is 0 Å². The summed E-state index contributed by atoms with van der Waals surface area (Å²) in [7, 11) is 0. The van der Waals surface area contributed by atoms with Crippen LogP contribution in [0.25, 0.3) is 11.3 Å². The van der Waals surface area contributed by atoms with Crippen LogP contribution in [0.5, 0.6) is 0 Å². The molecule has 0 spiro atoms. The molecule has 2 heterocycles. The third kappa shape index (κ3) is 2.25. The molecule has 1 saturated carbocycles. The van der Waals surface area contributed by atoms with Crippen LogP contribution in [-0.4, -0.2) is 22.0 Å². The minimum absolute atomic E-state index is 0.00625. The minimum atomic E-state index is -0.712. The van der Waals surface area contributed by atoms with Crippen LogP contribution in [-0.2, 0) is 4.79 Å². The van der Waals surface area contributed by atoms with Crippen LogP contribution in [0.2, 0.25) is 0 Å². The van der Waals surface area contributed by atoms with Gasteiger partial charge in [0.1, 0.15) is 11.3 Å². The van der Waals surface area contributed by atoms with Crippen molar-refractivity contribution in [1.29, 1.82) is 0 Å². The van der Waals surface area contributed by atoms with E-state index in [2.05, 4.69) is 15.5 Å². The number of carbonyl (C=O) groups excluding carboxylic acids is 2. The molecule has 7 heteroatoms. The normalized spacial score (nSPS) is 14.0. The molecule has 0 saturated heterocycles. The standard InChI is InChI=1S/C13H12N4O3/c14-11(18)9-10(8-2-1-5-15-6-8)17-20-13(9)16-12(19)7-3-4-7/h1-2,5-7H,3-4H2,(H2,14,18)(H,16,19). The van der Waals surface area contributed by atoms with E-state index >= 15 is 0 Å². The highest BCUT2D eigenvalue weighted by Crippen LogP contribution is 2.32. The van der Waals surface area contributed by atoms with Gasteiger partial charge >= 0.3 is 0 Å². The maximum atomic E-state index is 11.7. The van der Waals surface area contributed by atoms with Crippen molar-refractivity contribution in [3.05, 3.63) is 30.1 Å². The Kier molecular flexibility index (Phi) is 2.94. The number of anilines is 1. The van der Waals surface area contributed by atoms with Crippen LogP contribution in [0.3, 0.4) is 0 Å². The van der Waals surface area contributed by atoms with Gasteiger partial charge in [-0.15, -0.1) is 0 Å². The van der Waals surface area contributed by atoms with Crippen molar-refractivity contribution >= 4 is 17.7 Å². The lowest BCUT2D eigenvalue weighted by molar-refractivity contribution is -0.117. The molecule has 7 nitrogen and oxygen atoms in total. The van der Waals surface area contributed by atoms with Crippen molar-refractivity contribution in [1.82, 2.24) is 10.1 Å². The Morgan fingerprint density at radius 1 is 1.40 bits per heavy atom. The number of hydrogen-bond donors (Lipinski definition) is 2. The maximum absolute atomic E-state index is 11.7. The van der Waals surface area contributed by atoms with Crippen LogP contribution in [0, 0.1) is 5.92 Å². The Hall–Kier alpha value is -2.70. The second-order valence-corrected chi connectivity index (χ2v) is 4.60. The van der Waals surface area contributed by atoms with Gasteiger partial charge in [0, 0.05) is 23.9 Å². The van der Waals surface area contributed by atoms with E-state index < -0.39 is 5.91 Å². The summed E-state index contributed by atoms with van der Waals surface area (Å²) < 4.78 is 5.05. The smallest absolute Gasteiger partial charge is 0.256 e. The van der Waals surface area contributed by atoms with Crippen molar-refractivity contribution in [2.45, 2.75) is 12.8 Å². The summed E-state index contributed by atoms with van der Waals surface area (Å²) in [5, 5.41) is 6.36. The number of aromatic nitrogens is 2. The van der Waals surface area contributed by atoms with E-state index in [1.54, 1.807) is 18.3 Å². The van der Waals surface area contributed by atoms with Gasteiger partial charge in [-0.2, -0.15) is 0 Å². The lowest BCUT2D eigenvalue weighted by Gasteiger charge is -2.01. The Labute approximate surface area is 114 Å². The molecule has 1 aliphatic carbocycles. The zero-order valence-corrected chi connectivity index (χ0v) is 10.5. The molecule has 0 unspecified atom stereocenters. The van der Waals surface area contributed by atoms with Gasteiger partial charge in [0.05, 0.1) is 0 Å². The maximum Gasteiger partial charge on any atom is 0.256 e. The van der Waals surface area contributed by atoms with Crippen molar-refractivity contribution in [3.8, 4) is 11.3 Å². The largest absolute Gasteiger partial charge is 0.365 e. The van der Waals surface area contributed by atoms with Gasteiger partial charge in [-0.05, 0) is 25.0 Å². The second kappa shape index (κ2) is 4.76. The molecular weight excluding hydrogens is 260 g/mol. The molecule has 3 N–H and O–H groups in total. The number of nitrogens with two attached hydrogens (primary N) is 1. The highest BCUT2D eigenvalue weighted by Gasteiger charge is 2.32. The number of nitrogens with one attached hydrogen (secondary N) is 1. The monoisotopic (exact) mass is 272 g/mol. The molecule has 20 heavy (non-hydrogen) atoms. The van der Waals surface area contributed by atoms with Gasteiger partial charge in [0.2, 0.25) is 11.8 Å². The molecule has 2 aromatic heterocycles. The molecule has 3 rings (SSSR count). The summed E-state index contributed by atoms with van der Waals surface area (Å²) >= 11 is 0. The van der Waals surface area contributed by atoms with E-state index in [-0.39, 0.29) is 29.0 Å². The first kappa shape index (κ1) is 12.3. The van der Waals surface area contributed by atoms with E-state index in [1.807, 2.05) is 0 Å². The van der Waals surface area contributed by atoms with E-state index in [9.17, 15) is 9.59 Å². The SMILES string of the molecule is NC(=O)c1c(-c2cccnc2)noc1NC(=O)C1CC1. The lowest BCUT2D eigenvalue weighted by Crippen LogP contribution is -2.18. The average Bonchev–Trinajstić information content (AvgIpc) is 3.21. The molecule has 2 aromatic rings. The van der Waals surface area contributed by atoms with Gasteiger partial charge in [0.25, 0.3) is 5.91 Å². The fraction of sp³-hybridized carbons (Fsp3) is 0.231. The van der Waals surface area contributed by atoms with E-state index in [0.717, 1.165) is 12.8 Å². The molecule has 2 amide bonds. The van der Waals surface area contributed by atoms with Crippen LogP contribution < -0.4 is 11.1 Å². The van der Waals surface area contributed by atoms with Gasteiger partial charge < -0.3 is 10.3 Å². The topological polar surface area (TPSA) is 111 Å². The Morgan fingerprint density at radius 3 is 2.80 bits per heavy atom. The quantitative estimate of drug-likeness (QED) is 0.868. The van der Waals surface area contributed by atoms with Gasteiger partial charge in [-0.25, -0.2) is 0 Å². The third-order valence-electron chi connectivity index (χ3n) is 3.06. The van der Waals surface area contributed by atoms with Crippen molar-refractivity contribution in [2.75, 3.05) is 5.32 Å². The summed E-state index contributed by atoms with van der Waals surface area (Å²) in [6, 6.07) is 3.43. The number of amides is 2. The predicted molar refractivity (Wildman–Crippen MR) is 69.6 cm³/mol. The predicted octanol–water partition coefficient (Wildman–Crippen LogP) is 1.18. The van der Waals surface area contributed by atoms with Crippen molar-refractivity contribution in [3.63, 3.8) is 0 Å². The lowest BCUT2D eigenvalue weighted by atomic mass is 10.1. The summed E-state index contributed by atoms with van der Waals surface area (Å²) in [6.45, 7) is 0. The first-order chi connectivity index (χ1) is 9.66. The minimum Gasteiger partial charge on any atom is -0.365 e. The summed E-state index contributed by atoms with van der Waals surface area (Å²) in [4.78, 5) is 27.3. The number of nitrogens with zero attached hydrogens (tertiary/aromatic N) is 2. The molecule has 1 fully saturated rings. The highest BCUT2D eigenvalue weighted by atomic mass is 16.5. The molecule has 1 aliphatic rings. The van der Waals surface area contributed by atoms with E-state index in [0.29, 0.717) is 5.56 Å². The van der Waals surface area contributed by atoms with Crippen molar-refractivity contribution < 1.29 is 14.1 Å². The molecule has 0 bridgehead atoms. The van der Waals surface area contributed by atoms with Crippen LogP contribution in [0.15, 0.2) is 29.0 Å². The number of pyridine rings is 1. The first-order valence-corrected chi connectivity index (χ1v) is 6.17.